The van der Waals surface area contributed by atoms with Gasteiger partial charge in [0.15, 0.2) is 0 Å². The van der Waals surface area contributed by atoms with E-state index < -0.39 is 33.4 Å². The highest BCUT2D eigenvalue weighted by atomic mass is 35.5. The largest absolute Gasteiger partial charge is 0.394 e. The Kier molecular flexibility index (Phi) is 7.84. The van der Waals surface area contributed by atoms with Crippen LogP contribution in [0.3, 0.4) is 0 Å². The molecule has 0 aliphatic carbocycles. The van der Waals surface area contributed by atoms with Gasteiger partial charge in [0, 0.05) is 24.9 Å². The van der Waals surface area contributed by atoms with Crippen LogP contribution in [0.15, 0.2) is 49.6 Å². The minimum Gasteiger partial charge on any atom is -0.394 e. The summed E-state index contributed by atoms with van der Waals surface area (Å²) < 4.78 is -1.24. The Morgan fingerprint density at radius 2 is 1.92 bits per heavy atom. The van der Waals surface area contributed by atoms with E-state index in [0.29, 0.717) is 30.1 Å². The molecule has 1 aromatic carbocycles. The first-order valence-electron chi connectivity index (χ1n) is 12.8. The Bertz CT molecular complexity index is 1110. The number of hydrogen-bond donors (Lipinski definition) is 1. The molecule has 0 radical (unpaired) electrons. The van der Waals surface area contributed by atoms with Crippen LogP contribution in [0.2, 0.25) is 5.02 Å². The smallest absolute Gasteiger partial charge is 0.251 e. The summed E-state index contributed by atoms with van der Waals surface area (Å²) in [5.41, 5.74) is 0.542. The summed E-state index contributed by atoms with van der Waals surface area (Å²) in [5, 5.41) is 10.7. The lowest BCUT2D eigenvalue weighted by Crippen LogP contribution is -2.57. The first-order valence-corrected chi connectivity index (χ1v) is 14.0. The first-order chi connectivity index (χ1) is 17.6. The second-order valence-electron chi connectivity index (χ2n) is 10.4. The zero-order valence-corrected chi connectivity index (χ0v) is 23.3. The molecule has 0 aromatic heterocycles. The highest BCUT2D eigenvalue weighted by molar-refractivity contribution is 8.02. The molecule has 2 bridgehead atoms. The quantitative estimate of drug-likeness (QED) is 0.453. The van der Waals surface area contributed by atoms with Gasteiger partial charge in [0.05, 0.1) is 39.9 Å². The van der Waals surface area contributed by atoms with E-state index in [0.717, 1.165) is 6.42 Å². The summed E-state index contributed by atoms with van der Waals surface area (Å²) >= 11 is 8.13. The highest BCUT2D eigenvalue weighted by Crippen LogP contribution is 2.72. The van der Waals surface area contributed by atoms with Gasteiger partial charge in [-0.25, -0.2) is 0 Å². The molecule has 7 nitrogen and oxygen atoms in total. The highest BCUT2D eigenvalue weighted by Gasteiger charge is 2.78. The average molecular weight is 546 g/mol. The predicted molar refractivity (Wildman–Crippen MR) is 149 cm³/mol. The Hall–Kier alpha value is -2.29. The lowest BCUT2D eigenvalue weighted by atomic mass is 9.66. The summed E-state index contributed by atoms with van der Waals surface area (Å²) in [5.74, 6) is -1.80. The van der Waals surface area contributed by atoms with Gasteiger partial charge >= 0.3 is 0 Å². The van der Waals surface area contributed by atoms with E-state index in [1.54, 1.807) is 63.9 Å². The number of amides is 3. The molecule has 200 valence electrons. The van der Waals surface area contributed by atoms with Gasteiger partial charge in [0.2, 0.25) is 11.8 Å². The average Bonchev–Trinajstić information content (AvgIpc) is 3.44. The van der Waals surface area contributed by atoms with Gasteiger partial charge in [0.25, 0.3) is 5.91 Å². The van der Waals surface area contributed by atoms with Crippen molar-refractivity contribution in [2.45, 2.75) is 54.7 Å². The number of para-hydroxylation sites is 1. The molecule has 3 amide bonds. The van der Waals surface area contributed by atoms with E-state index in [9.17, 15) is 19.5 Å². The predicted octanol–water partition coefficient (Wildman–Crippen LogP) is 3.76. The van der Waals surface area contributed by atoms with Crippen molar-refractivity contribution in [2.24, 2.45) is 11.8 Å². The molecule has 0 saturated carbocycles. The molecule has 2 unspecified atom stereocenters. The third-order valence-corrected chi connectivity index (χ3v) is 10.6. The molecule has 3 fully saturated rings. The zero-order valence-electron chi connectivity index (χ0n) is 21.7. The topological polar surface area (TPSA) is 81.2 Å². The maximum Gasteiger partial charge on any atom is 0.251 e. The van der Waals surface area contributed by atoms with Crippen molar-refractivity contribution in [1.29, 1.82) is 0 Å². The molecule has 1 N–H and O–H groups in total. The summed E-state index contributed by atoms with van der Waals surface area (Å²) in [4.78, 5) is 47.3. The normalized spacial score (nSPS) is 30.7. The van der Waals surface area contributed by atoms with Crippen LogP contribution in [0.25, 0.3) is 0 Å². The number of rotatable bonds is 10. The number of hydrogen-bond acceptors (Lipinski definition) is 5. The van der Waals surface area contributed by atoms with Crippen molar-refractivity contribution in [3.05, 3.63) is 54.6 Å². The molecule has 3 saturated heterocycles. The van der Waals surface area contributed by atoms with Crippen LogP contribution >= 0.6 is 23.4 Å². The molecule has 1 spiro atoms. The number of likely N-dealkylation sites (tertiary alicyclic amines) is 1. The van der Waals surface area contributed by atoms with Crippen LogP contribution in [-0.4, -0.2) is 80.9 Å². The molecule has 37 heavy (non-hydrogen) atoms. The second kappa shape index (κ2) is 10.5. The van der Waals surface area contributed by atoms with E-state index in [2.05, 4.69) is 13.2 Å². The third kappa shape index (κ3) is 4.21. The zero-order chi connectivity index (χ0) is 27.1. The Balaban J connectivity index is 1.86. The number of aliphatic hydroxyl groups excluding tert-OH is 1. The molecule has 1 aromatic rings. The van der Waals surface area contributed by atoms with Gasteiger partial charge in [-0.3, -0.25) is 14.4 Å². The fraction of sp³-hybridized carbons (Fsp3) is 0.536. The molecule has 9 heteroatoms. The van der Waals surface area contributed by atoms with Crippen LogP contribution in [0.1, 0.15) is 33.1 Å². The fourth-order valence-corrected chi connectivity index (χ4v) is 9.17. The van der Waals surface area contributed by atoms with Crippen molar-refractivity contribution in [2.75, 3.05) is 31.6 Å². The van der Waals surface area contributed by atoms with Crippen molar-refractivity contribution in [3.63, 3.8) is 0 Å². The molecule has 3 aliphatic heterocycles. The van der Waals surface area contributed by atoms with E-state index >= 15 is 0 Å². The second-order valence-corrected chi connectivity index (χ2v) is 12.7. The maximum absolute atomic E-state index is 14.5. The number of fused-ring (bicyclic) bond motifs is 1. The van der Waals surface area contributed by atoms with Crippen molar-refractivity contribution in [1.82, 2.24) is 9.80 Å². The maximum atomic E-state index is 14.5. The number of halogens is 1. The minimum absolute atomic E-state index is 0.103. The molecule has 3 aliphatic rings. The Morgan fingerprint density at radius 3 is 2.51 bits per heavy atom. The van der Waals surface area contributed by atoms with E-state index in [4.69, 9.17) is 11.6 Å². The standard InChI is InChI=1S/C28H36ClN3O4S/c1-6-15-30(5)24(34)21-22-25(35)32(18(8-3)17-33)23(28(22)14-13-27(21,4)37-28)26(36)31(16-7-2)20-12-10-9-11-19(20)29/h6-7,9-12,18,21-23,33H,1-2,8,13-17H2,3-5H3/t18-,21-,22-,23?,27+,28?/m0/s1. The monoisotopic (exact) mass is 545 g/mol. The number of likely N-dealkylation sites (N-methyl/N-ethyl adjacent to an activating group) is 1. The number of benzene rings is 1. The minimum atomic E-state index is -0.840. The SMILES string of the molecule is C=CCN(C)C(=O)[C@@H]1[C@H]2C(=O)N([C@@H](CC)CO)C(C(=O)N(CC=C)c3ccccc3Cl)C23CC[C@@]1(C)S3. The van der Waals surface area contributed by atoms with Crippen LogP contribution < -0.4 is 4.90 Å². The van der Waals surface area contributed by atoms with Gasteiger partial charge < -0.3 is 19.8 Å². The van der Waals surface area contributed by atoms with Crippen molar-refractivity contribution >= 4 is 46.8 Å². The van der Waals surface area contributed by atoms with Crippen LogP contribution in [-0.2, 0) is 14.4 Å². The molecule has 6 atom stereocenters. The molecular weight excluding hydrogens is 510 g/mol. The molecule has 3 heterocycles. The lowest BCUT2D eigenvalue weighted by molar-refractivity contribution is -0.145. The number of aliphatic hydroxyl groups is 1. The summed E-state index contributed by atoms with van der Waals surface area (Å²) in [6.45, 7) is 11.9. The summed E-state index contributed by atoms with van der Waals surface area (Å²) in [7, 11) is 1.72. The number of carbonyl (C=O) groups is 3. The number of nitrogens with zero attached hydrogens (tertiary/aromatic N) is 3. The lowest BCUT2D eigenvalue weighted by Gasteiger charge is -2.39. The van der Waals surface area contributed by atoms with Gasteiger partial charge in [-0.15, -0.1) is 24.9 Å². The first kappa shape index (κ1) is 27.7. The fourth-order valence-electron chi connectivity index (χ4n) is 6.60. The summed E-state index contributed by atoms with van der Waals surface area (Å²) in [6, 6.07) is 5.74. The summed E-state index contributed by atoms with van der Waals surface area (Å²) in [6.07, 6.45) is 5.15. The Morgan fingerprint density at radius 1 is 1.24 bits per heavy atom. The van der Waals surface area contributed by atoms with E-state index in [1.165, 1.54) is 0 Å². The number of carbonyl (C=O) groups excluding carboxylic acids is 3. The molecule has 4 rings (SSSR count). The van der Waals surface area contributed by atoms with Crippen molar-refractivity contribution < 1.29 is 19.5 Å². The van der Waals surface area contributed by atoms with Gasteiger partial charge in [-0.2, -0.15) is 0 Å². The van der Waals surface area contributed by atoms with Crippen molar-refractivity contribution in [3.8, 4) is 0 Å². The van der Waals surface area contributed by atoms with Gasteiger partial charge in [-0.1, -0.05) is 42.8 Å². The third-order valence-electron chi connectivity index (χ3n) is 8.29. The van der Waals surface area contributed by atoms with Crippen LogP contribution in [0.5, 0.6) is 0 Å². The van der Waals surface area contributed by atoms with E-state index in [1.807, 2.05) is 19.9 Å². The molecular formula is C28H36ClN3O4S. The van der Waals surface area contributed by atoms with Crippen LogP contribution in [0.4, 0.5) is 5.69 Å². The Labute approximate surface area is 228 Å². The number of anilines is 1. The van der Waals surface area contributed by atoms with Crippen LogP contribution in [0, 0.1) is 11.8 Å². The van der Waals surface area contributed by atoms with Gasteiger partial charge in [-0.05, 0) is 38.3 Å². The van der Waals surface area contributed by atoms with Gasteiger partial charge in [0.1, 0.15) is 6.04 Å². The van der Waals surface area contributed by atoms with E-state index in [-0.39, 0.29) is 30.9 Å². The number of thioether (sulfide) groups is 1.